The van der Waals surface area contributed by atoms with E-state index < -0.39 is 45.7 Å². The number of halogens is 2. The molecule has 0 fully saturated rings. The minimum Gasteiger partial charge on any atom is -0.352 e. The highest BCUT2D eigenvalue weighted by atomic mass is 32.2. The molecule has 0 saturated carbocycles. The van der Waals surface area contributed by atoms with Gasteiger partial charge in [-0.15, -0.1) is 0 Å². The average molecular weight is 439 g/mol. The maximum atomic E-state index is 14.1. The van der Waals surface area contributed by atoms with Crippen molar-refractivity contribution in [3.05, 3.63) is 59.7 Å². The second-order valence-corrected chi connectivity index (χ2v) is 8.97. The zero-order valence-corrected chi connectivity index (χ0v) is 17.6. The molecule has 0 heterocycles. The summed E-state index contributed by atoms with van der Waals surface area (Å²) in [6.45, 7) is 3.54. The topological polar surface area (TPSA) is 95.6 Å². The summed E-state index contributed by atoms with van der Waals surface area (Å²) >= 11 is 0. The zero-order valence-electron chi connectivity index (χ0n) is 16.8. The van der Waals surface area contributed by atoms with Crippen molar-refractivity contribution in [3.63, 3.8) is 0 Å². The smallest absolute Gasteiger partial charge is 0.253 e. The van der Waals surface area contributed by atoms with E-state index in [4.69, 9.17) is 0 Å². The van der Waals surface area contributed by atoms with Gasteiger partial charge in [-0.2, -0.15) is 0 Å². The molecule has 10 heteroatoms. The molecular formula is C20H23F2N3O4S. The maximum Gasteiger partial charge on any atom is 0.253 e. The number of carbonyl (C=O) groups is 2. The normalized spacial score (nSPS) is 11.3. The van der Waals surface area contributed by atoms with Crippen LogP contribution in [0.5, 0.6) is 0 Å². The number of hydrogen-bond donors (Lipinski definition) is 2. The third-order valence-electron chi connectivity index (χ3n) is 3.98. The molecule has 0 aliphatic rings. The van der Waals surface area contributed by atoms with Crippen LogP contribution >= 0.6 is 0 Å². The van der Waals surface area contributed by atoms with Gasteiger partial charge >= 0.3 is 0 Å². The summed E-state index contributed by atoms with van der Waals surface area (Å²) in [6.07, 6.45) is 0.802. The SMILES string of the molecule is CC(C)CNC(=O)c1ccccc1NC(=O)CN(c1ccc(F)cc1F)S(C)(=O)=O. The zero-order chi connectivity index (χ0) is 22.5. The monoisotopic (exact) mass is 439 g/mol. The van der Waals surface area contributed by atoms with E-state index in [1.165, 1.54) is 12.1 Å². The van der Waals surface area contributed by atoms with Gasteiger partial charge in [0.05, 0.1) is 23.2 Å². The first-order valence-corrected chi connectivity index (χ1v) is 10.9. The van der Waals surface area contributed by atoms with E-state index in [9.17, 15) is 26.8 Å². The van der Waals surface area contributed by atoms with Gasteiger partial charge < -0.3 is 10.6 Å². The maximum absolute atomic E-state index is 14.1. The van der Waals surface area contributed by atoms with E-state index in [0.29, 0.717) is 16.9 Å². The van der Waals surface area contributed by atoms with E-state index in [0.717, 1.165) is 18.4 Å². The molecule has 0 spiro atoms. The molecule has 0 aromatic heterocycles. The molecule has 162 valence electrons. The lowest BCUT2D eigenvalue weighted by Gasteiger charge is -2.22. The largest absolute Gasteiger partial charge is 0.352 e. The highest BCUT2D eigenvalue weighted by Crippen LogP contribution is 2.23. The predicted molar refractivity (Wildman–Crippen MR) is 111 cm³/mol. The second-order valence-electron chi connectivity index (χ2n) is 7.06. The van der Waals surface area contributed by atoms with E-state index in [2.05, 4.69) is 10.6 Å². The Morgan fingerprint density at radius 1 is 1.10 bits per heavy atom. The third-order valence-corrected chi connectivity index (χ3v) is 5.11. The summed E-state index contributed by atoms with van der Waals surface area (Å²) in [6, 6.07) is 8.58. The van der Waals surface area contributed by atoms with Gasteiger partial charge in [0.2, 0.25) is 15.9 Å². The lowest BCUT2D eigenvalue weighted by Crippen LogP contribution is -2.38. The molecule has 0 atom stereocenters. The van der Waals surface area contributed by atoms with Crippen LogP contribution in [-0.2, 0) is 14.8 Å². The standard InChI is InChI=1S/C20H23F2N3O4S/c1-13(2)11-23-20(27)15-6-4-5-7-17(15)24-19(26)12-25(30(3,28)29)18-9-8-14(21)10-16(18)22/h4-10,13H,11-12H2,1-3H3,(H,23,27)(H,24,26). The lowest BCUT2D eigenvalue weighted by molar-refractivity contribution is -0.114. The quantitative estimate of drug-likeness (QED) is 0.661. The number of rotatable bonds is 8. The number of para-hydroxylation sites is 1. The van der Waals surface area contributed by atoms with Crippen LogP contribution in [0.2, 0.25) is 0 Å². The minimum absolute atomic E-state index is 0.178. The van der Waals surface area contributed by atoms with Crippen molar-refractivity contribution in [3.8, 4) is 0 Å². The van der Waals surface area contributed by atoms with Crippen LogP contribution in [0.25, 0.3) is 0 Å². The van der Waals surface area contributed by atoms with E-state index in [1.807, 2.05) is 13.8 Å². The van der Waals surface area contributed by atoms with Gasteiger partial charge in [0.25, 0.3) is 5.91 Å². The molecule has 7 nitrogen and oxygen atoms in total. The van der Waals surface area contributed by atoms with Crippen LogP contribution in [0.1, 0.15) is 24.2 Å². The van der Waals surface area contributed by atoms with Crippen molar-refractivity contribution in [2.45, 2.75) is 13.8 Å². The fourth-order valence-electron chi connectivity index (χ4n) is 2.57. The molecule has 0 radical (unpaired) electrons. The van der Waals surface area contributed by atoms with Gasteiger partial charge in [0.1, 0.15) is 18.2 Å². The molecule has 0 aliphatic carbocycles. The van der Waals surface area contributed by atoms with E-state index >= 15 is 0 Å². The first-order chi connectivity index (χ1) is 14.0. The van der Waals surface area contributed by atoms with Gasteiger partial charge in [-0.25, -0.2) is 17.2 Å². The molecule has 2 aromatic carbocycles. The van der Waals surface area contributed by atoms with Crippen LogP contribution in [0.15, 0.2) is 42.5 Å². The Morgan fingerprint density at radius 3 is 2.37 bits per heavy atom. The lowest BCUT2D eigenvalue weighted by atomic mass is 10.1. The summed E-state index contributed by atoms with van der Waals surface area (Å²) in [5.74, 6) is -2.97. The van der Waals surface area contributed by atoms with Crippen LogP contribution < -0.4 is 14.9 Å². The Bertz CT molecular complexity index is 1040. The number of nitrogens with zero attached hydrogens (tertiary/aromatic N) is 1. The van der Waals surface area contributed by atoms with Crippen molar-refractivity contribution < 1.29 is 26.8 Å². The van der Waals surface area contributed by atoms with Crippen LogP contribution in [0, 0.1) is 17.6 Å². The van der Waals surface area contributed by atoms with Crippen molar-refractivity contribution >= 4 is 33.2 Å². The molecule has 30 heavy (non-hydrogen) atoms. The molecular weight excluding hydrogens is 416 g/mol. The van der Waals surface area contributed by atoms with Crippen molar-refractivity contribution in [2.75, 3.05) is 29.0 Å². The average Bonchev–Trinajstić information content (AvgIpc) is 2.64. The van der Waals surface area contributed by atoms with Gasteiger partial charge in [0, 0.05) is 12.6 Å². The number of carbonyl (C=O) groups excluding carboxylic acids is 2. The molecule has 0 aliphatic heterocycles. The molecule has 0 saturated heterocycles. The highest BCUT2D eigenvalue weighted by Gasteiger charge is 2.24. The summed E-state index contributed by atoms with van der Waals surface area (Å²) in [7, 11) is -4.05. The molecule has 2 amide bonds. The number of nitrogens with one attached hydrogen (secondary N) is 2. The fraction of sp³-hybridized carbons (Fsp3) is 0.300. The molecule has 2 N–H and O–H groups in total. The number of amides is 2. The van der Waals surface area contributed by atoms with Gasteiger partial charge in [0.15, 0.2) is 0 Å². The van der Waals surface area contributed by atoms with Crippen molar-refractivity contribution in [1.82, 2.24) is 5.32 Å². The Hall–Kier alpha value is -3.01. The summed E-state index contributed by atoms with van der Waals surface area (Å²) in [5, 5.41) is 5.21. The molecule has 2 aromatic rings. The van der Waals surface area contributed by atoms with E-state index in [1.54, 1.807) is 12.1 Å². The highest BCUT2D eigenvalue weighted by molar-refractivity contribution is 7.92. The fourth-order valence-corrected chi connectivity index (χ4v) is 3.42. The van der Waals surface area contributed by atoms with E-state index in [-0.39, 0.29) is 17.2 Å². The first kappa shape index (κ1) is 23.3. The van der Waals surface area contributed by atoms with Crippen LogP contribution in [0.3, 0.4) is 0 Å². The third kappa shape index (κ3) is 6.24. The number of benzene rings is 2. The van der Waals surface area contributed by atoms with Crippen LogP contribution in [0.4, 0.5) is 20.2 Å². The van der Waals surface area contributed by atoms with Crippen LogP contribution in [-0.4, -0.2) is 39.6 Å². The summed E-state index contributed by atoms with van der Waals surface area (Å²) < 4.78 is 52.0. The van der Waals surface area contributed by atoms with Crippen molar-refractivity contribution in [2.24, 2.45) is 5.92 Å². The van der Waals surface area contributed by atoms with Gasteiger partial charge in [-0.3, -0.25) is 13.9 Å². The Morgan fingerprint density at radius 2 is 1.77 bits per heavy atom. The van der Waals surface area contributed by atoms with Gasteiger partial charge in [-0.05, 0) is 30.2 Å². The van der Waals surface area contributed by atoms with Crippen molar-refractivity contribution in [1.29, 1.82) is 0 Å². The Kier molecular flexibility index (Phi) is 7.49. The molecule has 0 bridgehead atoms. The predicted octanol–water partition coefficient (Wildman–Crippen LogP) is 2.76. The first-order valence-electron chi connectivity index (χ1n) is 9.09. The number of anilines is 2. The summed E-state index contributed by atoms with van der Waals surface area (Å²) in [4.78, 5) is 24.9. The second kappa shape index (κ2) is 9.66. The summed E-state index contributed by atoms with van der Waals surface area (Å²) in [5.41, 5.74) is -0.0841. The number of sulfonamides is 1. The van der Waals surface area contributed by atoms with Gasteiger partial charge in [-0.1, -0.05) is 26.0 Å². The molecule has 0 unspecified atom stereocenters. The Balaban J connectivity index is 2.24. The Labute approximate surface area is 174 Å². The minimum atomic E-state index is -4.05. The molecule has 2 rings (SSSR count). The number of hydrogen-bond acceptors (Lipinski definition) is 4.